The molecule has 0 aliphatic heterocycles. The van der Waals surface area contributed by atoms with Crippen molar-refractivity contribution in [2.24, 2.45) is 0 Å². The Labute approximate surface area is 110 Å². The van der Waals surface area contributed by atoms with E-state index in [9.17, 15) is 4.79 Å². The number of benzene rings is 1. The third-order valence-electron chi connectivity index (χ3n) is 2.76. The highest BCUT2D eigenvalue weighted by Crippen LogP contribution is 1.98. The Balaban J connectivity index is 2.00. The average Bonchev–Trinajstić information content (AvgIpc) is 2.40. The number of hydrogen-bond donors (Lipinski definition) is 2. The smallest absolute Gasteiger partial charge is 0.220 e. The fraction of sp³-hybridized carbons (Fsp3) is 0.533. The van der Waals surface area contributed by atoms with E-state index in [2.05, 4.69) is 29.7 Å². The Morgan fingerprint density at radius 2 is 1.89 bits per heavy atom. The summed E-state index contributed by atoms with van der Waals surface area (Å²) in [6, 6.07) is 10.2. The molecule has 0 unspecified atom stereocenters. The van der Waals surface area contributed by atoms with Gasteiger partial charge in [0.25, 0.3) is 0 Å². The van der Waals surface area contributed by atoms with Crippen LogP contribution in [0.2, 0.25) is 0 Å². The Morgan fingerprint density at radius 1 is 1.11 bits per heavy atom. The zero-order valence-electron chi connectivity index (χ0n) is 11.2. The molecule has 0 radical (unpaired) electrons. The number of rotatable bonds is 9. The molecule has 1 aromatic rings. The molecule has 0 bridgehead atoms. The Bertz CT molecular complexity index is 325. The second-order valence-electron chi connectivity index (χ2n) is 4.44. The number of hydrogen-bond acceptors (Lipinski definition) is 2. The van der Waals surface area contributed by atoms with Gasteiger partial charge in [0.15, 0.2) is 0 Å². The van der Waals surface area contributed by atoms with Crippen molar-refractivity contribution in [3.8, 4) is 0 Å². The standard InChI is InChI=1S/C15H24N2O/c1-2-11-16-12-6-9-15(18)17-13-10-14-7-4-3-5-8-14/h3-5,7-8,16H,2,6,9-13H2,1H3,(H,17,18). The summed E-state index contributed by atoms with van der Waals surface area (Å²) in [5, 5.41) is 6.25. The Kier molecular flexibility index (Phi) is 7.89. The number of amides is 1. The largest absolute Gasteiger partial charge is 0.356 e. The van der Waals surface area contributed by atoms with Crippen molar-refractivity contribution in [1.29, 1.82) is 0 Å². The van der Waals surface area contributed by atoms with Crippen molar-refractivity contribution in [3.63, 3.8) is 0 Å². The van der Waals surface area contributed by atoms with Gasteiger partial charge < -0.3 is 10.6 Å². The van der Waals surface area contributed by atoms with Crippen molar-refractivity contribution in [3.05, 3.63) is 35.9 Å². The van der Waals surface area contributed by atoms with Gasteiger partial charge in [-0.3, -0.25) is 4.79 Å². The number of carbonyl (C=O) groups excluding carboxylic acids is 1. The predicted molar refractivity (Wildman–Crippen MR) is 75.6 cm³/mol. The monoisotopic (exact) mass is 248 g/mol. The highest BCUT2D eigenvalue weighted by atomic mass is 16.1. The molecule has 0 aliphatic rings. The summed E-state index contributed by atoms with van der Waals surface area (Å²) < 4.78 is 0. The SMILES string of the molecule is CCCNCCCC(=O)NCCc1ccccc1. The van der Waals surface area contributed by atoms with Gasteiger partial charge >= 0.3 is 0 Å². The Morgan fingerprint density at radius 3 is 2.61 bits per heavy atom. The minimum absolute atomic E-state index is 0.157. The molecule has 0 saturated heterocycles. The molecule has 0 fully saturated rings. The van der Waals surface area contributed by atoms with Crippen molar-refractivity contribution in [2.75, 3.05) is 19.6 Å². The van der Waals surface area contributed by atoms with Crippen molar-refractivity contribution >= 4 is 5.91 Å². The molecule has 0 atom stereocenters. The van der Waals surface area contributed by atoms with Crippen LogP contribution in [0.3, 0.4) is 0 Å². The molecule has 3 nitrogen and oxygen atoms in total. The first-order valence-corrected chi connectivity index (χ1v) is 6.84. The fourth-order valence-corrected chi connectivity index (χ4v) is 1.76. The maximum atomic E-state index is 11.5. The Hall–Kier alpha value is -1.35. The first kappa shape index (κ1) is 14.7. The molecular formula is C15H24N2O. The molecule has 100 valence electrons. The molecule has 0 spiro atoms. The van der Waals surface area contributed by atoms with Crippen LogP contribution in [0.25, 0.3) is 0 Å². The topological polar surface area (TPSA) is 41.1 Å². The van der Waals surface area contributed by atoms with Gasteiger partial charge in [0.2, 0.25) is 5.91 Å². The van der Waals surface area contributed by atoms with Crippen LogP contribution in [0.4, 0.5) is 0 Å². The van der Waals surface area contributed by atoms with E-state index in [1.807, 2.05) is 18.2 Å². The molecule has 0 heterocycles. The number of nitrogens with one attached hydrogen (secondary N) is 2. The summed E-state index contributed by atoms with van der Waals surface area (Å²) in [7, 11) is 0. The van der Waals surface area contributed by atoms with E-state index in [4.69, 9.17) is 0 Å². The van der Waals surface area contributed by atoms with Crippen LogP contribution in [0.5, 0.6) is 0 Å². The summed E-state index contributed by atoms with van der Waals surface area (Å²) in [5.74, 6) is 0.157. The van der Waals surface area contributed by atoms with Gasteiger partial charge in [-0.05, 0) is 37.9 Å². The summed E-state index contributed by atoms with van der Waals surface area (Å²) >= 11 is 0. The first-order chi connectivity index (χ1) is 8.83. The predicted octanol–water partition coefficient (Wildman–Crippen LogP) is 2.13. The zero-order valence-corrected chi connectivity index (χ0v) is 11.2. The van der Waals surface area contributed by atoms with Crippen molar-refractivity contribution < 1.29 is 4.79 Å². The van der Waals surface area contributed by atoms with Gasteiger partial charge in [-0.1, -0.05) is 37.3 Å². The molecule has 0 saturated carbocycles. The minimum Gasteiger partial charge on any atom is -0.356 e. The fourth-order valence-electron chi connectivity index (χ4n) is 1.76. The van der Waals surface area contributed by atoms with Crippen molar-refractivity contribution in [1.82, 2.24) is 10.6 Å². The summed E-state index contributed by atoms with van der Waals surface area (Å²) in [6.07, 6.45) is 3.58. The highest BCUT2D eigenvalue weighted by Gasteiger charge is 2.00. The molecule has 18 heavy (non-hydrogen) atoms. The van der Waals surface area contributed by atoms with Crippen LogP contribution in [-0.4, -0.2) is 25.5 Å². The zero-order chi connectivity index (χ0) is 13.1. The molecule has 3 heteroatoms. The van der Waals surface area contributed by atoms with Gasteiger partial charge in [0, 0.05) is 13.0 Å². The highest BCUT2D eigenvalue weighted by molar-refractivity contribution is 5.75. The molecule has 0 aromatic heterocycles. The third-order valence-corrected chi connectivity index (χ3v) is 2.76. The van der Waals surface area contributed by atoms with E-state index in [0.29, 0.717) is 6.42 Å². The molecule has 1 aromatic carbocycles. The normalized spacial score (nSPS) is 10.3. The second-order valence-corrected chi connectivity index (χ2v) is 4.44. The van der Waals surface area contributed by atoms with Crippen LogP contribution >= 0.6 is 0 Å². The van der Waals surface area contributed by atoms with Crippen LogP contribution < -0.4 is 10.6 Å². The van der Waals surface area contributed by atoms with Gasteiger partial charge in [0.1, 0.15) is 0 Å². The molecular weight excluding hydrogens is 224 g/mol. The lowest BCUT2D eigenvalue weighted by atomic mass is 10.1. The van der Waals surface area contributed by atoms with Crippen LogP contribution in [-0.2, 0) is 11.2 Å². The summed E-state index contributed by atoms with van der Waals surface area (Å²) in [4.78, 5) is 11.5. The quantitative estimate of drug-likeness (QED) is 0.657. The van der Waals surface area contributed by atoms with Gasteiger partial charge in [-0.15, -0.1) is 0 Å². The molecule has 0 aliphatic carbocycles. The average molecular weight is 248 g/mol. The van der Waals surface area contributed by atoms with E-state index in [-0.39, 0.29) is 5.91 Å². The molecule has 1 rings (SSSR count). The first-order valence-electron chi connectivity index (χ1n) is 6.84. The lowest BCUT2D eigenvalue weighted by Gasteiger charge is -2.06. The van der Waals surface area contributed by atoms with E-state index in [1.54, 1.807) is 0 Å². The maximum Gasteiger partial charge on any atom is 0.220 e. The molecule has 1 amide bonds. The lowest BCUT2D eigenvalue weighted by Crippen LogP contribution is -2.26. The maximum absolute atomic E-state index is 11.5. The minimum atomic E-state index is 0.157. The van der Waals surface area contributed by atoms with Crippen LogP contribution in [0.15, 0.2) is 30.3 Å². The van der Waals surface area contributed by atoms with Gasteiger partial charge in [-0.25, -0.2) is 0 Å². The van der Waals surface area contributed by atoms with Crippen LogP contribution in [0, 0.1) is 0 Å². The van der Waals surface area contributed by atoms with Gasteiger partial charge in [-0.2, -0.15) is 0 Å². The van der Waals surface area contributed by atoms with E-state index < -0.39 is 0 Å². The van der Waals surface area contributed by atoms with Crippen molar-refractivity contribution in [2.45, 2.75) is 32.6 Å². The van der Waals surface area contributed by atoms with Crippen LogP contribution in [0.1, 0.15) is 31.7 Å². The second kappa shape index (κ2) is 9.66. The lowest BCUT2D eigenvalue weighted by molar-refractivity contribution is -0.121. The van der Waals surface area contributed by atoms with E-state index in [1.165, 1.54) is 5.56 Å². The molecule has 2 N–H and O–H groups in total. The number of carbonyl (C=O) groups is 1. The summed E-state index contributed by atoms with van der Waals surface area (Å²) in [5.41, 5.74) is 1.27. The van der Waals surface area contributed by atoms with E-state index in [0.717, 1.165) is 38.9 Å². The van der Waals surface area contributed by atoms with Gasteiger partial charge in [0.05, 0.1) is 0 Å². The third kappa shape index (κ3) is 7.07. The summed E-state index contributed by atoms with van der Waals surface area (Å²) in [6.45, 7) is 4.84. The van der Waals surface area contributed by atoms with E-state index >= 15 is 0 Å².